The molecule has 0 aliphatic carbocycles. The fourth-order valence-electron chi connectivity index (χ4n) is 2.20. The zero-order chi connectivity index (χ0) is 14.3. The number of aromatic nitrogens is 2. The summed E-state index contributed by atoms with van der Waals surface area (Å²) in [4.78, 5) is 4.37. The second-order valence-corrected chi connectivity index (χ2v) is 5.19. The number of hydrogen-bond acceptors (Lipinski definition) is 1. The zero-order valence-electron chi connectivity index (χ0n) is 10.6. The van der Waals surface area contributed by atoms with Crippen LogP contribution < -0.4 is 0 Å². The first-order chi connectivity index (χ1) is 9.56. The molecule has 1 unspecified atom stereocenters. The van der Waals surface area contributed by atoms with E-state index in [1.54, 1.807) is 25.1 Å². The van der Waals surface area contributed by atoms with E-state index in [1.807, 2.05) is 4.57 Å². The second-order valence-electron chi connectivity index (χ2n) is 4.53. The van der Waals surface area contributed by atoms with Crippen LogP contribution in [-0.4, -0.2) is 9.55 Å². The Balaban J connectivity index is 2.31. The highest BCUT2D eigenvalue weighted by molar-refractivity contribution is 6.20. The molecule has 3 aromatic rings. The van der Waals surface area contributed by atoms with Crippen LogP contribution in [0.5, 0.6) is 0 Å². The SMILES string of the molecule is CC(Cl)c1nc2cc(F)ccc2n1-c1ccc(F)cc1. The largest absolute Gasteiger partial charge is 0.295 e. The maximum atomic E-state index is 13.3. The van der Waals surface area contributed by atoms with E-state index in [9.17, 15) is 8.78 Å². The summed E-state index contributed by atoms with van der Waals surface area (Å²) in [5.41, 5.74) is 2.00. The molecule has 0 radical (unpaired) electrons. The Morgan fingerprint density at radius 3 is 2.35 bits per heavy atom. The third-order valence-electron chi connectivity index (χ3n) is 3.08. The number of alkyl halides is 1. The Morgan fingerprint density at radius 1 is 1.05 bits per heavy atom. The lowest BCUT2D eigenvalue weighted by molar-refractivity contribution is 0.627. The minimum Gasteiger partial charge on any atom is -0.295 e. The predicted molar refractivity (Wildman–Crippen MR) is 75.3 cm³/mol. The number of halogens is 3. The molecule has 0 aliphatic heterocycles. The van der Waals surface area contributed by atoms with Crippen molar-refractivity contribution < 1.29 is 8.78 Å². The smallest absolute Gasteiger partial charge is 0.132 e. The summed E-state index contributed by atoms with van der Waals surface area (Å²) in [6.07, 6.45) is 0. The minimum atomic E-state index is -0.352. The van der Waals surface area contributed by atoms with E-state index in [4.69, 9.17) is 11.6 Å². The van der Waals surface area contributed by atoms with Crippen molar-refractivity contribution in [1.82, 2.24) is 9.55 Å². The highest BCUT2D eigenvalue weighted by Crippen LogP contribution is 2.28. The summed E-state index contributed by atoms with van der Waals surface area (Å²) in [7, 11) is 0. The Labute approximate surface area is 119 Å². The molecular formula is C15H11ClF2N2. The van der Waals surface area contributed by atoms with Crippen molar-refractivity contribution in [2.45, 2.75) is 12.3 Å². The van der Waals surface area contributed by atoms with E-state index in [-0.39, 0.29) is 17.0 Å². The highest BCUT2D eigenvalue weighted by Gasteiger charge is 2.16. The van der Waals surface area contributed by atoms with E-state index in [1.165, 1.54) is 24.3 Å². The van der Waals surface area contributed by atoms with Gasteiger partial charge in [0.05, 0.1) is 16.4 Å². The van der Waals surface area contributed by atoms with Gasteiger partial charge in [-0.05, 0) is 43.3 Å². The summed E-state index contributed by atoms with van der Waals surface area (Å²) in [6, 6.07) is 10.4. The van der Waals surface area contributed by atoms with E-state index >= 15 is 0 Å². The molecule has 0 aliphatic rings. The molecule has 5 heteroatoms. The number of rotatable bonds is 2. The van der Waals surface area contributed by atoms with E-state index < -0.39 is 0 Å². The van der Waals surface area contributed by atoms with Crippen molar-refractivity contribution in [3.63, 3.8) is 0 Å². The first-order valence-electron chi connectivity index (χ1n) is 6.14. The Morgan fingerprint density at radius 2 is 1.70 bits per heavy atom. The second kappa shape index (κ2) is 4.87. The number of nitrogens with zero attached hydrogens (tertiary/aromatic N) is 2. The molecule has 1 heterocycles. The maximum Gasteiger partial charge on any atom is 0.132 e. The first-order valence-corrected chi connectivity index (χ1v) is 6.58. The van der Waals surface area contributed by atoms with Gasteiger partial charge in [0.1, 0.15) is 17.5 Å². The number of hydrogen-bond donors (Lipinski definition) is 0. The van der Waals surface area contributed by atoms with Crippen molar-refractivity contribution in [3.8, 4) is 5.69 Å². The zero-order valence-corrected chi connectivity index (χ0v) is 11.4. The van der Waals surface area contributed by atoms with Crippen LogP contribution in [0, 0.1) is 11.6 Å². The van der Waals surface area contributed by atoms with Crippen molar-refractivity contribution >= 4 is 22.6 Å². The summed E-state index contributed by atoms with van der Waals surface area (Å²) in [5.74, 6) is -0.0707. The summed E-state index contributed by atoms with van der Waals surface area (Å²) >= 11 is 6.15. The number of imidazole rings is 1. The Hall–Kier alpha value is -1.94. The van der Waals surface area contributed by atoms with Gasteiger partial charge in [0.25, 0.3) is 0 Å². The average molecular weight is 293 g/mol. The molecular weight excluding hydrogens is 282 g/mol. The third-order valence-corrected chi connectivity index (χ3v) is 3.28. The van der Waals surface area contributed by atoms with Gasteiger partial charge in [-0.1, -0.05) is 0 Å². The normalized spacial score (nSPS) is 12.8. The van der Waals surface area contributed by atoms with Crippen molar-refractivity contribution in [1.29, 1.82) is 0 Å². The first kappa shape index (κ1) is 13.1. The molecule has 2 aromatic carbocycles. The minimum absolute atomic E-state index is 0.315. The average Bonchev–Trinajstić information content (AvgIpc) is 2.78. The van der Waals surface area contributed by atoms with Gasteiger partial charge in [0.2, 0.25) is 0 Å². The molecule has 0 amide bonds. The molecule has 0 fully saturated rings. The van der Waals surface area contributed by atoms with Crippen LogP contribution in [0.15, 0.2) is 42.5 Å². The number of fused-ring (bicyclic) bond motifs is 1. The molecule has 0 bridgehead atoms. The van der Waals surface area contributed by atoms with E-state index in [0.29, 0.717) is 11.3 Å². The van der Waals surface area contributed by atoms with Gasteiger partial charge in [-0.15, -0.1) is 11.6 Å². The monoisotopic (exact) mass is 292 g/mol. The van der Waals surface area contributed by atoms with E-state index in [2.05, 4.69) is 4.98 Å². The Bertz CT molecular complexity index is 763. The lowest BCUT2D eigenvalue weighted by Crippen LogP contribution is -2.01. The van der Waals surface area contributed by atoms with Gasteiger partial charge in [-0.25, -0.2) is 13.8 Å². The molecule has 1 aromatic heterocycles. The van der Waals surface area contributed by atoms with Gasteiger partial charge in [0, 0.05) is 11.8 Å². The van der Waals surface area contributed by atoms with Gasteiger partial charge < -0.3 is 0 Å². The molecule has 0 N–H and O–H groups in total. The standard InChI is InChI=1S/C15H11ClF2N2/c1-9(16)15-19-13-8-11(18)4-7-14(13)20(15)12-5-2-10(17)3-6-12/h2-9H,1H3. The molecule has 0 spiro atoms. The van der Waals surface area contributed by atoms with E-state index in [0.717, 1.165) is 11.2 Å². The van der Waals surface area contributed by atoms with Crippen LogP contribution >= 0.6 is 11.6 Å². The van der Waals surface area contributed by atoms with Crippen molar-refractivity contribution in [3.05, 3.63) is 59.9 Å². The van der Waals surface area contributed by atoms with Gasteiger partial charge in [0.15, 0.2) is 0 Å². The topological polar surface area (TPSA) is 17.8 Å². The lowest BCUT2D eigenvalue weighted by atomic mass is 10.2. The molecule has 0 saturated heterocycles. The fourth-order valence-corrected chi connectivity index (χ4v) is 2.35. The summed E-state index contributed by atoms with van der Waals surface area (Å²) in [6.45, 7) is 1.79. The molecule has 20 heavy (non-hydrogen) atoms. The van der Waals surface area contributed by atoms with Crippen LogP contribution in [0.3, 0.4) is 0 Å². The summed E-state index contributed by atoms with van der Waals surface area (Å²) in [5, 5.41) is -0.351. The van der Waals surface area contributed by atoms with Crippen molar-refractivity contribution in [2.75, 3.05) is 0 Å². The van der Waals surface area contributed by atoms with Gasteiger partial charge in [-0.2, -0.15) is 0 Å². The lowest BCUT2D eigenvalue weighted by Gasteiger charge is -2.10. The predicted octanol–water partition coefficient (Wildman–Crippen LogP) is 4.60. The van der Waals surface area contributed by atoms with Crippen molar-refractivity contribution in [2.24, 2.45) is 0 Å². The molecule has 1 atom stereocenters. The van der Waals surface area contributed by atoms with Gasteiger partial charge in [-0.3, -0.25) is 4.57 Å². The van der Waals surface area contributed by atoms with Crippen LogP contribution in [0.4, 0.5) is 8.78 Å². The number of benzene rings is 2. The fraction of sp³-hybridized carbons (Fsp3) is 0.133. The Kier molecular flexibility index (Phi) is 3.18. The quantitative estimate of drug-likeness (QED) is 0.631. The van der Waals surface area contributed by atoms with Crippen LogP contribution in [0.2, 0.25) is 0 Å². The maximum absolute atomic E-state index is 13.3. The highest BCUT2D eigenvalue weighted by atomic mass is 35.5. The van der Waals surface area contributed by atoms with Gasteiger partial charge >= 0.3 is 0 Å². The van der Waals surface area contributed by atoms with Crippen LogP contribution in [0.25, 0.3) is 16.7 Å². The molecule has 2 nitrogen and oxygen atoms in total. The molecule has 102 valence electrons. The van der Waals surface area contributed by atoms with Crippen LogP contribution in [-0.2, 0) is 0 Å². The van der Waals surface area contributed by atoms with Crippen LogP contribution in [0.1, 0.15) is 18.1 Å². The molecule has 0 saturated carbocycles. The third kappa shape index (κ3) is 2.16. The summed E-state index contributed by atoms with van der Waals surface area (Å²) < 4.78 is 28.2. The molecule has 3 rings (SSSR count).